The minimum Gasteiger partial charge on any atom is -0.478 e. The van der Waals surface area contributed by atoms with E-state index < -0.39 is 22.4 Å². The molecule has 35 heavy (non-hydrogen) atoms. The molecule has 0 aliphatic rings. The Kier molecular flexibility index (Phi) is 8.70. The summed E-state index contributed by atoms with van der Waals surface area (Å²) in [4.78, 5) is 12.1. The summed E-state index contributed by atoms with van der Waals surface area (Å²) in [5.41, 5.74) is 0.497. The van der Waals surface area contributed by atoms with Gasteiger partial charge in [0, 0.05) is 12.2 Å². The topological polar surface area (TPSA) is 46.5 Å². The monoisotopic (exact) mass is 502 g/mol. The molecule has 0 atom stereocenters. The predicted octanol–water partition coefficient (Wildman–Crippen LogP) is 5.58. The summed E-state index contributed by atoms with van der Waals surface area (Å²) >= 11 is 0. The average molecular weight is 503 g/mol. The molecule has 3 aromatic rings. The summed E-state index contributed by atoms with van der Waals surface area (Å²) in [5.74, 6) is -0.827. The number of hydrogen-bond acceptors (Lipinski definition) is 2. The molecule has 0 aliphatic carbocycles. The Bertz CT molecular complexity index is 1080. The van der Waals surface area contributed by atoms with Crippen LogP contribution in [0.1, 0.15) is 27.2 Å². The molecule has 0 spiro atoms. The first kappa shape index (κ1) is 26.9. The van der Waals surface area contributed by atoms with Gasteiger partial charge in [-0.15, -0.1) is 0 Å². The van der Waals surface area contributed by atoms with E-state index in [0.717, 1.165) is 0 Å². The molecule has 0 saturated carbocycles. The maximum atomic E-state index is 12.1. The Morgan fingerprint density at radius 1 is 0.800 bits per heavy atom. The highest BCUT2D eigenvalue weighted by atomic mass is 28.4. The molecule has 0 unspecified atom stereocenters. The Hall–Kier alpha value is -2.74. The number of rotatable bonds is 10. The Morgan fingerprint density at radius 3 is 1.63 bits per heavy atom. The summed E-state index contributed by atoms with van der Waals surface area (Å²) in [6.07, 6.45) is 2.46. The fourth-order valence-corrected chi connectivity index (χ4v) is 12.0. The van der Waals surface area contributed by atoms with Crippen molar-refractivity contribution < 1.29 is 14.3 Å². The van der Waals surface area contributed by atoms with Crippen molar-refractivity contribution >= 4 is 37.9 Å². The standard InChI is InChI=1S/C30H38O3Si2/c1-30(2,3)35(27-19-11-7-12-20-27,28-21-13-8-14-22-28)33-23-15-16-25(29(31)32)24-34(4,5)26-17-9-6-10-18-26/h6-14,16-22H,15,23-24H2,1-5H3,(H,31,32)/b25-16+. The molecule has 0 radical (unpaired) electrons. The summed E-state index contributed by atoms with van der Waals surface area (Å²) in [7, 11) is -4.53. The first-order valence-corrected chi connectivity index (χ1v) is 17.4. The van der Waals surface area contributed by atoms with E-state index in [-0.39, 0.29) is 5.04 Å². The molecule has 3 aromatic carbocycles. The molecule has 5 heteroatoms. The largest absolute Gasteiger partial charge is 0.478 e. The second-order valence-corrected chi connectivity index (χ2v) is 19.8. The lowest BCUT2D eigenvalue weighted by atomic mass is 10.2. The molecule has 3 rings (SSSR count). The van der Waals surface area contributed by atoms with Crippen LogP contribution in [-0.2, 0) is 9.22 Å². The van der Waals surface area contributed by atoms with Crippen molar-refractivity contribution in [1.29, 1.82) is 0 Å². The zero-order chi connectivity index (χ0) is 25.5. The molecule has 0 aromatic heterocycles. The molecule has 0 bridgehead atoms. The quantitative estimate of drug-likeness (QED) is 0.224. The fraction of sp³-hybridized carbons (Fsp3) is 0.300. The molecule has 0 fully saturated rings. The predicted molar refractivity (Wildman–Crippen MR) is 152 cm³/mol. The van der Waals surface area contributed by atoms with Crippen molar-refractivity contribution in [2.45, 2.75) is 51.4 Å². The maximum absolute atomic E-state index is 12.1. The molecule has 0 heterocycles. The van der Waals surface area contributed by atoms with Crippen LogP contribution >= 0.6 is 0 Å². The van der Waals surface area contributed by atoms with Crippen LogP contribution in [0.15, 0.2) is 103 Å². The van der Waals surface area contributed by atoms with E-state index in [1.54, 1.807) is 0 Å². The number of hydrogen-bond donors (Lipinski definition) is 1. The summed E-state index contributed by atoms with van der Waals surface area (Å²) in [6.45, 7) is 11.7. The van der Waals surface area contributed by atoms with Crippen molar-refractivity contribution in [2.75, 3.05) is 6.61 Å². The highest BCUT2D eigenvalue weighted by Crippen LogP contribution is 2.36. The minimum absolute atomic E-state index is 0.0999. The van der Waals surface area contributed by atoms with Gasteiger partial charge in [0.2, 0.25) is 0 Å². The Morgan fingerprint density at radius 2 is 1.23 bits per heavy atom. The van der Waals surface area contributed by atoms with Crippen LogP contribution in [0.3, 0.4) is 0 Å². The van der Waals surface area contributed by atoms with E-state index in [9.17, 15) is 9.90 Å². The first-order valence-electron chi connectivity index (χ1n) is 12.3. The zero-order valence-corrected chi connectivity index (χ0v) is 23.6. The molecule has 0 amide bonds. The highest BCUT2D eigenvalue weighted by Gasteiger charge is 2.49. The van der Waals surface area contributed by atoms with Gasteiger partial charge in [0.25, 0.3) is 8.32 Å². The number of carbonyl (C=O) groups is 1. The number of benzene rings is 3. The van der Waals surface area contributed by atoms with Crippen LogP contribution < -0.4 is 15.6 Å². The van der Waals surface area contributed by atoms with Gasteiger partial charge in [-0.05, 0) is 27.9 Å². The van der Waals surface area contributed by atoms with Gasteiger partial charge in [-0.1, -0.05) is 136 Å². The van der Waals surface area contributed by atoms with Gasteiger partial charge >= 0.3 is 5.97 Å². The molecule has 0 aliphatic heterocycles. The third kappa shape index (κ3) is 6.29. The van der Waals surface area contributed by atoms with Gasteiger partial charge in [-0.3, -0.25) is 0 Å². The van der Waals surface area contributed by atoms with Crippen LogP contribution in [0, 0.1) is 0 Å². The SMILES string of the molecule is CC(C)(C)[Si](OCC/C=C(\C[Si](C)(C)c1ccccc1)C(=O)O)(c1ccccc1)c1ccccc1. The van der Waals surface area contributed by atoms with E-state index in [2.05, 4.69) is 94.5 Å². The van der Waals surface area contributed by atoms with Gasteiger partial charge in [-0.2, -0.15) is 0 Å². The van der Waals surface area contributed by atoms with E-state index in [0.29, 0.717) is 24.6 Å². The van der Waals surface area contributed by atoms with E-state index in [1.807, 2.05) is 36.4 Å². The Labute approximate surface area is 212 Å². The second kappa shape index (κ2) is 11.3. The number of carboxylic acids is 1. The van der Waals surface area contributed by atoms with Crippen LogP contribution in [0.5, 0.6) is 0 Å². The lowest BCUT2D eigenvalue weighted by Crippen LogP contribution is -2.66. The molecular formula is C30H38O3Si2. The van der Waals surface area contributed by atoms with Crippen LogP contribution in [0.25, 0.3) is 0 Å². The maximum Gasteiger partial charge on any atom is 0.330 e. The second-order valence-electron chi connectivity index (χ2n) is 10.8. The first-order chi connectivity index (χ1) is 16.6. The van der Waals surface area contributed by atoms with Crippen molar-refractivity contribution in [3.8, 4) is 0 Å². The average Bonchev–Trinajstić information content (AvgIpc) is 2.84. The highest BCUT2D eigenvalue weighted by molar-refractivity contribution is 6.99. The number of aliphatic carboxylic acids is 1. The zero-order valence-electron chi connectivity index (χ0n) is 21.6. The normalized spacial score (nSPS) is 13.0. The Balaban J connectivity index is 1.87. The van der Waals surface area contributed by atoms with Crippen molar-refractivity contribution in [1.82, 2.24) is 0 Å². The van der Waals surface area contributed by atoms with E-state index in [4.69, 9.17) is 4.43 Å². The van der Waals surface area contributed by atoms with Gasteiger partial charge in [0.1, 0.15) is 0 Å². The third-order valence-corrected chi connectivity index (χ3v) is 14.9. The van der Waals surface area contributed by atoms with Crippen LogP contribution in [0.2, 0.25) is 24.2 Å². The summed E-state index contributed by atoms with van der Waals surface area (Å²) in [5, 5.41) is 13.6. The van der Waals surface area contributed by atoms with Crippen LogP contribution in [-0.4, -0.2) is 34.1 Å². The molecular weight excluding hydrogens is 464 g/mol. The van der Waals surface area contributed by atoms with Crippen molar-refractivity contribution in [2.24, 2.45) is 0 Å². The summed E-state index contributed by atoms with van der Waals surface area (Å²) in [6, 6.07) is 32.0. The molecule has 0 saturated heterocycles. The smallest absolute Gasteiger partial charge is 0.330 e. The van der Waals surface area contributed by atoms with Crippen LogP contribution in [0.4, 0.5) is 0 Å². The molecule has 1 N–H and O–H groups in total. The molecule has 3 nitrogen and oxygen atoms in total. The minimum atomic E-state index is -2.62. The lowest BCUT2D eigenvalue weighted by Gasteiger charge is -2.43. The van der Waals surface area contributed by atoms with Gasteiger partial charge in [0.05, 0.1) is 8.07 Å². The van der Waals surface area contributed by atoms with Crippen molar-refractivity contribution in [3.63, 3.8) is 0 Å². The molecule has 184 valence electrons. The summed E-state index contributed by atoms with van der Waals surface area (Å²) < 4.78 is 6.92. The van der Waals surface area contributed by atoms with Gasteiger partial charge in [-0.25, -0.2) is 4.79 Å². The third-order valence-electron chi connectivity index (χ3n) is 6.71. The van der Waals surface area contributed by atoms with E-state index in [1.165, 1.54) is 15.6 Å². The lowest BCUT2D eigenvalue weighted by molar-refractivity contribution is -0.132. The van der Waals surface area contributed by atoms with Gasteiger partial charge in [0.15, 0.2) is 0 Å². The number of carboxylic acid groups (broad SMARTS) is 1. The van der Waals surface area contributed by atoms with E-state index >= 15 is 0 Å². The fourth-order valence-electron chi connectivity index (χ4n) is 4.91. The van der Waals surface area contributed by atoms with Crippen molar-refractivity contribution in [3.05, 3.63) is 103 Å². The van der Waals surface area contributed by atoms with Gasteiger partial charge < -0.3 is 9.53 Å².